The van der Waals surface area contributed by atoms with Gasteiger partial charge in [-0.15, -0.1) is 11.8 Å². The van der Waals surface area contributed by atoms with Crippen LogP contribution in [0.5, 0.6) is 0 Å². The molecule has 2 N–H and O–H groups in total. The van der Waals surface area contributed by atoms with Crippen molar-refractivity contribution in [3.05, 3.63) is 29.8 Å². The van der Waals surface area contributed by atoms with Crippen molar-refractivity contribution in [1.29, 1.82) is 0 Å². The van der Waals surface area contributed by atoms with Gasteiger partial charge < -0.3 is 15.3 Å². The summed E-state index contributed by atoms with van der Waals surface area (Å²) in [5.41, 5.74) is 1.03. The first kappa shape index (κ1) is 13.9. The van der Waals surface area contributed by atoms with E-state index in [-0.39, 0.29) is 6.10 Å². The molecule has 0 aliphatic carbocycles. The second-order valence-electron chi connectivity index (χ2n) is 4.67. The standard InChI is InChI=1S/C14H22N2OS/c1-18-13-4-2-12(3-5-13)14(17)6-9-16-10-7-15-8-11-16/h2-5,14-15,17H,6-11H2,1H3. The fraction of sp³-hybridized carbons (Fsp3) is 0.571. The quantitative estimate of drug-likeness (QED) is 0.796. The van der Waals surface area contributed by atoms with Crippen LogP contribution < -0.4 is 5.32 Å². The molecule has 2 rings (SSSR count). The van der Waals surface area contributed by atoms with E-state index < -0.39 is 0 Å². The number of nitrogens with zero attached hydrogens (tertiary/aromatic N) is 1. The number of rotatable bonds is 5. The van der Waals surface area contributed by atoms with Gasteiger partial charge in [0.05, 0.1) is 6.10 Å². The monoisotopic (exact) mass is 266 g/mol. The van der Waals surface area contributed by atoms with Crippen molar-refractivity contribution in [2.24, 2.45) is 0 Å². The Morgan fingerprint density at radius 1 is 1.28 bits per heavy atom. The number of thioether (sulfide) groups is 1. The number of hydrogen-bond acceptors (Lipinski definition) is 4. The minimum Gasteiger partial charge on any atom is -0.388 e. The predicted octanol–water partition coefficient (Wildman–Crippen LogP) is 1.74. The SMILES string of the molecule is CSc1ccc(C(O)CCN2CCNCC2)cc1. The van der Waals surface area contributed by atoms with Crippen LogP contribution in [0, 0.1) is 0 Å². The number of hydrogen-bond donors (Lipinski definition) is 2. The molecular weight excluding hydrogens is 244 g/mol. The summed E-state index contributed by atoms with van der Waals surface area (Å²) in [6.45, 7) is 5.31. The second-order valence-corrected chi connectivity index (χ2v) is 5.55. The molecule has 0 aromatic heterocycles. The molecular formula is C14H22N2OS. The van der Waals surface area contributed by atoms with E-state index in [2.05, 4.69) is 28.6 Å². The van der Waals surface area contributed by atoms with Crippen LogP contribution in [-0.2, 0) is 0 Å². The highest BCUT2D eigenvalue weighted by atomic mass is 32.2. The molecule has 1 aliphatic rings. The zero-order valence-corrected chi connectivity index (χ0v) is 11.7. The van der Waals surface area contributed by atoms with Gasteiger partial charge in [0.1, 0.15) is 0 Å². The van der Waals surface area contributed by atoms with E-state index in [4.69, 9.17) is 0 Å². The molecule has 1 saturated heterocycles. The van der Waals surface area contributed by atoms with Crippen LogP contribution in [-0.4, -0.2) is 49.0 Å². The van der Waals surface area contributed by atoms with Crippen LogP contribution in [0.1, 0.15) is 18.1 Å². The molecule has 3 nitrogen and oxygen atoms in total. The fourth-order valence-electron chi connectivity index (χ4n) is 2.23. The Morgan fingerprint density at radius 2 is 1.94 bits per heavy atom. The van der Waals surface area contributed by atoms with Gasteiger partial charge in [0.2, 0.25) is 0 Å². The molecule has 0 amide bonds. The van der Waals surface area contributed by atoms with Gasteiger partial charge in [0.25, 0.3) is 0 Å². The van der Waals surface area contributed by atoms with Crippen molar-refractivity contribution in [2.45, 2.75) is 17.4 Å². The lowest BCUT2D eigenvalue weighted by molar-refractivity contribution is 0.136. The summed E-state index contributed by atoms with van der Waals surface area (Å²) in [6.07, 6.45) is 2.55. The zero-order valence-electron chi connectivity index (χ0n) is 10.9. The maximum Gasteiger partial charge on any atom is 0.0802 e. The summed E-state index contributed by atoms with van der Waals surface area (Å²) in [5.74, 6) is 0. The average Bonchev–Trinajstić information content (AvgIpc) is 2.46. The minimum absolute atomic E-state index is 0.337. The Labute approximate surface area is 114 Å². The van der Waals surface area contributed by atoms with E-state index in [0.717, 1.165) is 44.7 Å². The maximum atomic E-state index is 10.2. The Balaban J connectivity index is 1.80. The van der Waals surface area contributed by atoms with Crippen LogP contribution >= 0.6 is 11.8 Å². The van der Waals surface area contributed by atoms with Crippen molar-refractivity contribution >= 4 is 11.8 Å². The lowest BCUT2D eigenvalue weighted by Gasteiger charge is -2.28. The fourth-order valence-corrected chi connectivity index (χ4v) is 2.64. The van der Waals surface area contributed by atoms with Crippen molar-refractivity contribution < 1.29 is 5.11 Å². The average molecular weight is 266 g/mol. The van der Waals surface area contributed by atoms with E-state index in [1.54, 1.807) is 11.8 Å². The molecule has 1 heterocycles. The maximum absolute atomic E-state index is 10.2. The Bertz CT molecular complexity index is 349. The molecule has 100 valence electrons. The van der Waals surface area contributed by atoms with Crippen LogP contribution in [0.4, 0.5) is 0 Å². The molecule has 0 saturated carbocycles. The lowest BCUT2D eigenvalue weighted by atomic mass is 10.1. The van der Waals surface area contributed by atoms with Crippen LogP contribution in [0.15, 0.2) is 29.2 Å². The van der Waals surface area contributed by atoms with Crippen LogP contribution in [0.3, 0.4) is 0 Å². The Hall–Kier alpha value is -0.550. The van der Waals surface area contributed by atoms with Crippen molar-refractivity contribution in [2.75, 3.05) is 39.0 Å². The third-order valence-corrected chi connectivity index (χ3v) is 4.17. The summed E-state index contributed by atoms with van der Waals surface area (Å²) in [5, 5.41) is 13.5. The highest BCUT2D eigenvalue weighted by Crippen LogP contribution is 2.21. The van der Waals surface area contributed by atoms with Gasteiger partial charge in [-0.25, -0.2) is 0 Å². The smallest absolute Gasteiger partial charge is 0.0802 e. The summed E-state index contributed by atoms with van der Waals surface area (Å²) >= 11 is 1.73. The topological polar surface area (TPSA) is 35.5 Å². The number of aliphatic hydroxyl groups is 1. The third kappa shape index (κ3) is 3.99. The molecule has 18 heavy (non-hydrogen) atoms. The van der Waals surface area contributed by atoms with E-state index in [1.807, 2.05) is 12.1 Å². The molecule has 1 atom stereocenters. The minimum atomic E-state index is -0.337. The Kier molecular flexibility index (Phi) is 5.50. The zero-order chi connectivity index (χ0) is 12.8. The normalized spacial score (nSPS) is 18.8. The first-order valence-corrected chi connectivity index (χ1v) is 7.77. The van der Waals surface area contributed by atoms with Gasteiger partial charge in [0.15, 0.2) is 0 Å². The first-order valence-electron chi connectivity index (χ1n) is 6.54. The van der Waals surface area contributed by atoms with Gasteiger partial charge in [-0.2, -0.15) is 0 Å². The van der Waals surface area contributed by atoms with Gasteiger partial charge in [-0.05, 0) is 30.4 Å². The van der Waals surface area contributed by atoms with Crippen molar-refractivity contribution in [3.63, 3.8) is 0 Å². The van der Waals surface area contributed by atoms with Gasteiger partial charge in [-0.3, -0.25) is 0 Å². The molecule has 1 aromatic rings. The molecule has 0 spiro atoms. The number of aliphatic hydroxyl groups excluding tert-OH is 1. The van der Waals surface area contributed by atoms with Gasteiger partial charge >= 0.3 is 0 Å². The molecule has 0 bridgehead atoms. The number of piperazine rings is 1. The van der Waals surface area contributed by atoms with Crippen LogP contribution in [0.25, 0.3) is 0 Å². The lowest BCUT2D eigenvalue weighted by Crippen LogP contribution is -2.44. The summed E-state index contributed by atoms with van der Waals surface area (Å²) in [6, 6.07) is 8.23. The van der Waals surface area contributed by atoms with E-state index in [1.165, 1.54) is 4.90 Å². The van der Waals surface area contributed by atoms with Gasteiger partial charge in [-0.1, -0.05) is 12.1 Å². The van der Waals surface area contributed by atoms with E-state index >= 15 is 0 Å². The van der Waals surface area contributed by atoms with Crippen LogP contribution in [0.2, 0.25) is 0 Å². The first-order chi connectivity index (χ1) is 8.79. The molecule has 1 aromatic carbocycles. The molecule has 4 heteroatoms. The highest BCUT2D eigenvalue weighted by Gasteiger charge is 2.13. The number of benzene rings is 1. The molecule has 1 fully saturated rings. The summed E-state index contributed by atoms with van der Waals surface area (Å²) < 4.78 is 0. The van der Waals surface area contributed by atoms with Crippen molar-refractivity contribution in [3.8, 4) is 0 Å². The number of nitrogens with one attached hydrogen (secondary N) is 1. The molecule has 1 unspecified atom stereocenters. The van der Waals surface area contributed by atoms with E-state index in [0.29, 0.717) is 0 Å². The van der Waals surface area contributed by atoms with Crippen molar-refractivity contribution in [1.82, 2.24) is 10.2 Å². The predicted molar refractivity (Wildman–Crippen MR) is 77.1 cm³/mol. The van der Waals surface area contributed by atoms with E-state index in [9.17, 15) is 5.11 Å². The third-order valence-electron chi connectivity index (χ3n) is 3.43. The summed E-state index contributed by atoms with van der Waals surface area (Å²) in [7, 11) is 0. The largest absolute Gasteiger partial charge is 0.388 e. The summed E-state index contributed by atoms with van der Waals surface area (Å²) in [4.78, 5) is 3.66. The highest BCUT2D eigenvalue weighted by molar-refractivity contribution is 7.98. The molecule has 0 radical (unpaired) electrons. The second kappa shape index (κ2) is 7.14. The van der Waals surface area contributed by atoms with Gasteiger partial charge in [0, 0.05) is 37.6 Å². The Morgan fingerprint density at radius 3 is 2.56 bits per heavy atom. The molecule has 1 aliphatic heterocycles.